The Balaban J connectivity index is 1.84. The van der Waals surface area contributed by atoms with Gasteiger partial charge in [-0.05, 0) is 75.9 Å². The lowest BCUT2D eigenvalue weighted by Crippen LogP contribution is -2.22. The van der Waals surface area contributed by atoms with Gasteiger partial charge in [0.05, 0.1) is 12.1 Å². The molecule has 0 aliphatic rings. The van der Waals surface area contributed by atoms with Crippen LogP contribution in [0, 0.1) is 0 Å². The number of fused-ring (bicyclic) bond motifs is 1. The largest absolute Gasteiger partial charge is 0.485 e. The minimum Gasteiger partial charge on any atom is -0.485 e. The number of pyridine rings is 1. The summed E-state index contributed by atoms with van der Waals surface area (Å²) in [5.41, 5.74) is 4.47. The van der Waals surface area contributed by atoms with Gasteiger partial charge >= 0.3 is 0 Å². The van der Waals surface area contributed by atoms with Crippen LogP contribution in [-0.4, -0.2) is 23.7 Å². The van der Waals surface area contributed by atoms with Crippen molar-refractivity contribution in [1.82, 2.24) is 4.57 Å². The number of allylic oxidation sites excluding steroid dienone is 3. The van der Waals surface area contributed by atoms with E-state index in [4.69, 9.17) is 9.47 Å². The number of hydrogen-bond donors (Lipinski definition) is 1. The Morgan fingerprint density at radius 1 is 0.907 bits per heavy atom. The molecule has 6 heteroatoms. The van der Waals surface area contributed by atoms with Crippen LogP contribution < -0.4 is 20.3 Å². The van der Waals surface area contributed by atoms with Crippen molar-refractivity contribution in [3.05, 3.63) is 93.8 Å². The molecule has 0 atom stereocenters. The third-order valence-corrected chi connectivity index (χ3v) is 7.30. The van der Waals surface area contributed by atoms with Crippen molar-refractivity contribution in [2.45, 2.75) is 79.1 Å². The van der Waals surface area contributed by atoms with Crippen LogP contribution in [0.4, 0.5) is 5.69 Å². The van der Waals surface area contributed by atoms with Gasteiger partial charge in [-0.2, -0.15) is 0 Å². The zero-order valence-electron chi connectivity index (χ0n) is 26.6. The molecule has 0 aliphatic carbocycles. The van der Waals surface area contributed by atoms with Gasteiger partial charge in [-0.1, -0.05) is 86.6 Å². The molecule has 1 amide bonds. The molecule has 0 fully saturated rings. The number of nitrogens with zero attached hydrogens (tertiary/aromatic N) is 1. The molecule has 43 heavy (non-hydrogen) atoms. The minimum atomic E-state index is -0.259. The van der Waals surface area contributed by atoms with Crippen LogP contribution in [0.2, 0.25) is 0 Å². The van der Waals surface area contributed by atoms with Gasteiger partial charge in [0.25, 0.3) is 5.56 Å². The van der Waals surface area contributed by atoms with Gasteiger partial charge in [-0.25, -0.2) is 0 Å². The highest BCUT2D eigenvalue weighted by atomic mass is 16.5. The molecule has 3 rings (SSSR count). The van der Waals surface area contributed by atoms with Crippen LogP contribution in [-0.2, 0) is 11.8 Å². The zero-order valence-corrected chi connectivity index (χ0v) is 26.6. The summed E-state index contributed by atoms with van der Waals surface area (Å²) < 4.78 is 14.0. The molecule has 0 bridgehead atoms. The van der Waals surface area contributed by atoms with E-state index in [-0.39, 0.29) is 17.2 Å². The van der Waals surface area contributed by atoms with E-state index in [0.717, 1.165) is 36.6 Å². The number of carbonyl (C=O) groups excluding carboxylic acids is 1. The van der Waals surface area contributed by atoms with Gasteiger partial charge in [0.1, 0.15) is 6.61 Å². The second kappa shape index (κ2) is 17.8. The molecule has 0 radical (unpaired) electrons. The van der Waals surface area contributed by atoms with Crippen molar-refractivity contribution in [2.75, 3.05) is 18.5 Å². The second-order valence-electron chi connectivity index (χ2n) is 11.3. The summed E-state index contributed by atoms with van der Waals surface area (Å²) in [6.07, 6.45) is 16.3. The normalized spacial score (nSPS) is 11.6. The standard InChI is InChI=1S/C37H48N2O4/c1-6-7-8-9-10-14-25-42-36-35(43-26-24-29(4)17-15-16-28(2)3)32-22-21-31(27-33(32)39(5)37(36)41)38-34(40)23-20-30-18-12-11-13-19-30/h11-13,16,18-24,27H,6-10,14-15,17,25-26H2,1-5H3,(H,38,40)/b23-20+,29-24+. The summed E-state index contributed by atoms with van der Waals surface area (Å²) in [4.78, 5) is 26.2. The fourth-order valence-corrected chi connectivity index (χ4v) is 4.77. The molecule has 1 aromatic heterocycles. The summed E-state index contributed by atoms with van der Waals surface area (Å²) >= 11 is 0. The van der Waals surface area contributed by atoms with E-state index < -0.39 is 0 Å². The Labute approximate surface area is 257 Å². The Bertz CT molecular complexity index is 1480. The van der Waals surface area contributed by atoms with Crippen molar-refractivity contribution in [3.8, 4) is 11.5 Å². The van der Waals surface area contributed by atoms with Crippen LogP contribution in [0.3, 0.4) is 0 Å². The van der Waals surface area contributed by atoms with Crippen molar-refractivity contribution in [3.63, 3.8) is 0 Å². The maximum atomic E-state index is 13.5. The van der Waals surface area contributed by atoms with E-state index in [1.807, 2.05) is 42.5 Å². The van der Waals surface area contributed by atoms with Gasteiger partial charge in [-0.3, -0.25) is 9.59 Å². The third kappa shape index (κ3) is 10.9. The number of benzene rings is 2. The molecular formula is C37H48N2O4. The first-order chi connectivity index (χ1) is 20.8. The number of hydrogen-bond acceptors (Lipinski definition) is 4. The summed E-state index contributed by atoms with van der Waals surface area (Å²) in [6.45, 7) is 9.31. The van der Waals surface area contributed by atoms with E-state index in [1.54, 1.807) is 23.8 Å². The molecule has 0 spiro atoms. The van der Waals surface area contributed by atoms with Gasteiger partial charge < -0.3 is 19.4 Å². The SMILES string of the molecule is CCCCCCCCOc1c(OC/C=C(\C)CCC=C(C)C)c2ccc(NC(=O)/C=C/c3ccccc3)cc2n(C)c1=O. The Hall–Kier alpha value is -4.06. The van der Waals surface area contributed by atoms with E-state index in [0.29, 0.717) is 30.2 Å². The van der Waals surface area contributed by atoms with Crippen molar-refractivity contribution >= 4 is 28.6 Å². The molecule has 0 saturated heterocycles. The molecule has 1 N–H and O–H groups in total. The number of anilines is 1. The maximum absolute atomic E-state index is 13.5. The Kier molecular flexibility index (Phi) is 13.8. The Morgan fingerprint density at radius 3 is 2.40 bits per heavy atom. The highest BCUT2D eigenvalue weighted by Crippen LogP contribution is 2.34. The first-order valence-corrected chi connectivity index (χ1v) is 15.6. The smallest absolute Gasteiger partial charge is 0.297 e. The lowest BCUT2D eigenvalue weighted by molar-refractivity contribution is -0.111. The minimum absolute atomic E-state index is 0.238. The third-order valence-electron chi connectivity index (χ3n) is 7.30. The molecule has 2 aromatic carbocycles. The van der Waals surface area contributed by atoms with Crippen molar-refractivity contribution in [1.29, 1.82) is 0 Å². The zero-order chi connectivity index (χ0) is 31.0. The Morgan fingerprint density at radius 2 is 1.65 bits per heavy atom. The lowest BCUT2D eigenvalue weighted by Gasteiger charge is -2.17. The molecule has 6 nitrogen and oxygen atoms in total. The first kappa shape index (κ1) is 33.4. The van der Waals surface area contributed by atoms with E-state index in [2.05, 4.69) is 45.2 Å². The fraction of sp³-hybridized carbons (Fsp3) is 0.405. The monoisotopic (exact) mass is 584 g/mol. The van der Waals surface area contributed by atoms with Crippen LogP contribution in [0.5, 0.6) is 11.5 Å². The second-order valence-corrected chi connectivity index (χ2v) is 11.3. The molecule has 0 aliphatic heterocycles. The van der Waals surface area contributed by atoms with Crippen LogP contribution >= 0.6 is 0 Å². The fourth-order valence-electron chi connectivity index (χ4n) is 4.77. The van der Waals surface area contributed by atoms with Gasteiger partial charge in [-0.15, -0.1) is 0 Å². The number of nitrogens with one attached hydrogen (secondary N) is 1. The van der Waals surface area contributed by atoms with E-state index in [9.17, 15) is 9.59 Å². The average molecular weight is 585 g/mol. The van der Waals surface area contributed by atoms with E-state index in [1.165, 1.54) is 42.9 Å². The van der Waals surface area contributed by atoms with Crippen LogP contribution in [0.1, 0.15) is 84.6 Å². The lowest BCUT2D eigenvalue weighted by atomic mass is 10.1. The van der Waals surface area contributed by atoms with Crippen molar-refractivity contribution in [2.24, 2.45) is 7.05 Å². The average Bonchev–Trinajstić information content (AvgIpc) is 2.99. The topological polar surface area (TPSA) is 69.6 Å². The molecule has 0 unspecified atom stereocenters. The van der Waals surface area contributed by atoms with Crippen LogP contribution in [0.15, 0.2) is 82.7 Å². The molecular weight excluding hydrogens is 536 g/mol. The van der Waals surface area contributed by atoms with E-state index >= 15 is 0 Å². The molecule has 230 valence electrons. The maximum Gasteiger partial charge on any atom is 0.297 e. The summed E-state index contributed by atoms with van der Waals surface area (Å²) in [5, 5.41) is 3.66. The number of aromatic nitrogens is 1. The molecule has 3 aromatic rings. The highest BCUT2D eigenvalue weighted by Gasteiger charge is 2.19. The first-order valence-electron chi connectivity index (χ1n) is 15.6. The molecule has 1 heterocycles. The molecule has 0 saturated carbocycles. The predicted octanol–water partition coefficient (Wildman–Crippen LogP) is 9.00. The quantitative estimate of drug-likeness (QED) is 0.0976. The summed E-state index contributed by atoms with van der Waals surface area (Å²) in [7, 11) is 1.72. The van der Waals surface area contributed by atoms with Gasteiger partial charge in [0.15, 0.2) is 5.75 Å². The van der Waals surface area contributed by atoms with Gasteiger partial charge in [0, 0.05) is 24.2 Å². The number of amides is 1. The van der Waals surface area contributed by atoms with Gasteiger partial charge in [0.2, 0.25) is 11.7 Å². The number of ether oxygens (including phenoxy) is 2. The highest BCUT2D eigenvalue weighted by molar-refractivity contribution is 6.03. The number of rotatable bonds is 17. The van der Waals surface area contributed by atoms with Crippen LogP contribution in [0.25, 0.3) is 17.0 Å². The summed E-state index contributed by atoms with van der Waals surface area (Å²) in [5.74, 6) is 0.429. The van der Waals surface area contributed by atoms with Crippen molar-refractivity contribution < 1.29 is 14.3 Å². The number of carbonyl (C=O) groups is 1. The number of aryl methyl sites for hydroxylation is 1. The predicted molar refractivity (Wildman–Crippen MR) is 180 cm³/mol. The summed E-state index contributed by atoms with van der Waals surface area (Å²) in [6, 6.07) is 15.2. The number of unbranched alkanes of at least 4 members (excludes halogenated alkanes) is 5.